The van der Waals surface area contributed by atoms with Gasteiger partial charge in [0.1, 0.15) is 0 Å². The molecule has 1 aliphatic heterocycles. The quantitative estimate of drug-likeness (QED) is 0.866. The molecule has 1 unspecified atom stereocenters. The molecule has 1 fully saturated rings. The van der Waals surface area contributed by atoms with Crippen molar-refractivity contribution in [1.82, 2.24) is 5.32 Å². The molecule has 0 spiro atoms. The number of carbonyl (C=O) groups excluding carboxylic acids is 1. The fraction of sp³-hybridized carbons (Fsp3) is 0.533. The van der Waals surface area contributed by atoms with E-state index in [0.717, 1.165) is 25.9 Å². The maximum Gasteiger partial charge on any atom is 0.220 e. The number of hydrogen-bond acceptors (Lipinski definition) is 2. The van der Waals surface area contributed by atoms with Crippen LogP contribution in [-0.2, 0) is 16.0 Å². The number of aryl methyl sites for hydroxylation is 2. The summed E-state index contributed by atoms with van der Waals surface area (Å²) in [6.07, 6.45) is 3.77. The fourth-order valence-corrected chi connectivity index (χ4v) is 2.13. The van der Waals surface area contributed by atoms with Crippen molar-refractivity contribution in [3.05, 3.63) is 35.4 Å². The van der Waals surface area contributed by atoms with Crippen LogP contribution in [0.2, 0.25) is 0 Å². The predicted molar refractivity (Wildman–Crippen MR) is 71.5 cm³/mol. The average molecular weight is 247 g/mol. The van der Waals surface area contributed by atoms with Crippen molar-refractivity contribution >= 4 is 5.91 Å². The summed E-state index contributed by atoms with van der Waals surface area (Å²) >= 11 is 0. The summed E-state index contributed by atoms with van der Waals surface area (Å²) in [6, 6.07) is 8.34. The monoisotopic (exact) mass is 247 g/mol. The Morgan fingerprint density at radius 1 is 1.39 bits per heavy atom. The van der Waals surface area contributed by atoms with Crippen LogP contribution in [0.15, 0.2) is 24.3 Å². The largest absolute Gasteiger partial charge is 0.376 e. The summed E-state index contributed by atoms with van der Waals surface area (Å²) in [7, 11) is 0. The summed E-state index contributed by atoms with van der Waals surface area (Å²) in [5.74, 6) is 0.117. The highest BCUT2D eigenvalue weighted by Crippen LogP contribution is 2.10. The minimum absolute atomic E-state index is 0.117. The lowest BCUT2D eigenvalue weighted by atomic mass is 10.1. The van der Waals surface area contributed by atoms with Gasteiger partial charge in [0, 0.05) is 19.6 Å². The van der Waals surface area contributed by atoms with Crippen LogP contribution >= 0.6 is 0 Å². The highest BCUT2D eigenvalue weighted by molar-refractivity contribution is 5.76. The van der Waals surface area contributed by atoms with E-state index in [4.69, 9.17) is 4.74 Å². The highest BCUT2D eigenvalue weighted by atomic mass is 16.5. The van der Waals surface area contributed by atoms with Crippen LogP contribution in [0.3, 0.4) is 0 Å². The Hall–Kier alpha value is -1.35. The SMILES string of the molecule is Cc1ccc(CCC(=O)NCC2CCCO2)cc1. The average Bonchev–Trinajstić information content (AvgIpc) is 2.89. The third-order valence-corrected chi connectivity index (χ3v) is 3.31. The second-order valence-corrected chi connectivity index (χ2v) is 4.92. The molecule has 1 aromatic rings. The van der Waals surface area contributed by atoms with E-state index in [-0.39, 0.29) is 12.0 Å². The lowest BCUT2D eigenvalue weighted by Gasteiger charge is -2.10. The van der Waals surface area contributed by atoms with E-state index in [1.54, 1.807) is 0 Å². The van der Waals surface area contributed by atoms with Gasteiger partial charge in [-0.05, 0) is 31.7 Å². The number of ether oxygens (including phenoxy) is 1. The van der Waals surface area contributed by atoms with Crippen LogP contribution in [0.5, 0.6) is 0 Å². The maximum atomic E-state index is 11.7. The summed E-state index contributed by atoms with van der Waals surface area (Å²) in [5, 5.41) is 2.94. The summed E-state index contributed by atoms with van der Waals surface area (Å²) in [4.78, 5) is 11.7. The third-order valence-electron chi connectivity index (χ3n) is 3.31. The van der Waals surface area contributed by atoms with Crippen molar-refractivity contribution in [2.75, 3.05) is 13.2 Å². The summed E-state index contributed by atoms with van der Waals surface area (Å²) in [5.41, 5.74) is 2.47. The van der Waals surface area contributed by atoms with Crippen molar-refractivity contribution in [3.63, 3.8) is 0 Å². The Kier molecular flexibility index (Phi) is 4.76. The molecule has 1 aromatic carbocycles. The Balaban J connectivity index is 1.66. The second kappa shape index (κ2) is 6.55. The maximum absolute atomic E-state index is 11.7. The molecule has 3 nitrogen and oxygen atoms in total. The summed E-state index contributed by atoms with van der Waals surface area (Å²) in [6.45, 7) is 3.56. The second-order valence-electron chi connectivity index (χ2n) is 4.92. The number of carbonyl (C=O) groups is 1. The van der Waals surface area contributed by atoms with Crippen molar-refractivity contribution in [2.24, 2.45) is 0 Å². The van der Waals surface area contributed by atoms with Crippen LogP contribution < -0.4 is 5.32 Å². The molecule has 0 bridgehead atoms. The molecule has 1 amide bonds. The molecule has 1 heterocycles. The number of benzene rings is 1. The van der Waals surface area contributed by atoms with Gasteiger partial charge < -0.3 is 10.1 Å². The minimum atomic E-state index is 0.117. The van der Waals surface area contributed by atoms with Crippen molar-refractivity contribution in [3.8, 4) is 0 Å². The van der Waals surface area contributed by atoms with Crippen molar-refractivity contribution < 1.29 is 9.53 Å². The zero-order valence-corrected chi connectivity index (χ0v) is 10.9. The molecular weight excluding hydrogens is 226 g/mol. The van der Waals surface area contributed by atoms with Crippen LogP contribution in [-0.4, -0.2) is 25.2 Å². The molecular formula is C15H21NO2. The topological polar surface area (TPSA) is 38.3 Å². The minimum Gasteiger partial charge on any atom is -0.376 e. The van der Waals surface area contributed by atoms with Gasteiger partial charge in [-0.25, -0.2) is 0 Å². The number of nitrogens with one attached hydrogen (secondary N) is 1. The van der Waals surface area contributed by atoms with Gasteiger partial charge in [-0.3, -0.25) is 4.79 Å². The van der Waals surface area contributed by atoms with Gasteiger partial charge in [-0.1, -0.05) is 29.8 Å². The first-order chi connectivity index (χ1) is 8.74. The Bertz CT molecular complexity index is 380. The fourth-order valence-electron chi connectivity index (χ4n) is 2.13. The first-order valence-electron chi connectivity index (χ1n) is 6.68. The van der Waals surface area contributed by atoms with Gasteiger partial charge in [0.05, 0.1) is 6.10 Å². The Morgan fingerprint density at radius 2 is 2.17 bits per heavy atom. The van der Waals surface area contributed by atoms with Crippen molar-refractivity contribution in [1.29, 1.82) is 0 Å². The highest BCUT2D eigenvalue weighted by Gasteiger charge is 2.15. The normalized spacial score (nSPS) is 18.8. The first kappa shape index (κ1) is 13.1. The molecule has 3 heteroatoms. The van der Waals surface area contributed by atoms with Crippen LogP contribution in [0.1, 0.15) is 30.4 Å². The zero-order valence-electron chi connectivity index (χ0n) is 10.9. The number of rotatable bonds is 5. The number of amides is 1. The van der Waals surface area contributed by atoms with Gasteiger partial charge >= 0.3 is 0 Å². The Morgan fingerprint density at radius 3 is 2.83 bits per heavy atom. The molecule has 0 aromatic heterocycles. The van der Waals surface area contributed by atoms with E-state index in [1.165, 1.54) is 11.1 Å². The molecule has 0 aliphatic carbocycles. The van der Waals surface area contributed by atoms with Crippen molar-refractivity contribution in [2.45, 2.75) is 38.7 Å². The van der Waals surface area contributed by atoms with E-state index < -0.39 is 0 Å². The lowest BCUT2D eigenvalue weighted by Crippen LogP contribution is -2.31. The van der Waals surface area contributed by atoms with E-state index in [9.17, 15) is 4.79 Å². The molecule has 18 heavy (non-hydrogen) atoms. The molecule has 2 rings (SSSR count). The van der Waals surface area contributed by atoms with Crippen LogP contribution in [0, 0.1) is 6.92 Å². The van der Waals surface area contributed by atoms with E-state index in [0.29, 0.717) is 13.0 Å². The molecule has 1 atom stereocenters. The Labute approximate surface area is 109 Å². The molecule has 1 saturated heterocycles. The van der Waals surface area contributed by atoms with Gasteiger partial charge in [-0.15, -0.1) is 0 Å². The van der Waals surface area contributed by atoms with E-state index in [2.05, 4.69) is 36.5 Å². The van der Waals surface area contributed by atoms with E-state index >= 15 is 0 Å². The lowest BCUT2D eigenvalue weighted by molar-refractivity contribution is -0.121. The smallest absolute Gasteiger partial charge is 0.220 e. The summed E-state index contributed by atoms with van der Waals surface area (Å²) < 4.78 is 5.46. The zero-order chi connectivity index (χ0) is 12.8. The predicted octanol–water partition coefficient (Wildman–Crippen LogP) is 2.22. The van der Waals surface area contributed by atoms with Gasteiger partial charge in [0.2, 0.25) is 5.91 Å². The molecule has 0 radical (unpaired) electrons. The van der Waals surface area contributed by atoms with E-state index in [1.807, 2.05) is 0 Å². The standard InChI is InChI=1S/C15H21NO2/c1-12-4-6-13(7-5-12)8-9-15(17)16-11-14-3-2-10-18-14/h4-7,14H,2-3,8-11H2,1H3,(H,16,17). The molecule has 1 N–H and O–H groups in total. The van der Waals surface area contributed by atoms with Gasteiger partial charge in [0.25, 0.3) is 0 Å². The van der Waals surface area contributed by atoms with Crippen LogP contribution in [0.4, 0.5) is 0 Å². The first-order valence-corrected chi connectivity index (χ1v) is 6.68. The molecule has 1 aliphatic rings. The van der Waals surface area contributed by atoms with Gasteiger partial charge in [-0.2, -0.15) is 0 Å². The number of hydrogen-bond donors (Lipinski definition) is 1. The third kappa shape index (κ3) is 4.15. The molecule has 0 saturated carbocycles. The van der Waals surface area contributed by atoms with Gasteiger partial charge in [0.15, 0.2) is 0 Å². The molecule has 98 valence electrons. The van der Waals surface area contributed by atoms with Crippen LogP contribution in [0.25, 0.3) is 0 Å².